The molecule has 9 nitrogen and oxygen atoms in total. The summed E-state index contributed by atoms with van der Waals surface area (Å²) in [5, 5.41) is 3.01. The predicted molar refractivity (Wildman–Crippen MR) is 95.3 cm³/mol. The molecule has 0 spiro atoms. The van der Waals surface area contributed by atoms with E-state index in [4.69, 9.17) is 18.9 Å². The van der Waals surface area contributed by atoms with Crippen LogP contribution in [0.1, 0.15) is 13.8 Å². The highest BCUT2D eigenvalue weighted by Gasteiger charge is 2.32. The van der Waals surface area contributed by atoms with Crippen LogP contribution in [0, 0.1) is 0 Å². The van der Waals surface area contributed by atoms with Crippen LogP contribution in [0.4, 0.5) is 15.3 Å². The molecule has 1 aliphatic rings. The van der Waals surface area contributed by atoms with Gasteiger partial charge in [0.05, 0.1) is 30.8 Å². The molecule has 1 N–H and O–H groups in total. The van der Waals surface area contributed by atoms with Crippen LogP contribution in [0.15, 0.2) is 53.5 Å². The zero-order valence-electron chi connectivity index (χ0n) is 15.6. The molecular weight excluding hydrogens is 356 g/mol. The molecule has 9 heteroatoms. The molecule has 0 aromatic heterocycles. The van der Waals surface area contributed by atoms with Crippen LogP contribution in [-0.4, -0.2) is 39.7 Å². The fourth-order valence-electron chi connectivity index (χ4n) is 2.31. The molecule has 0 saturated heterocycles. The molecule has 0 radical (unpaired) electrons. The molecule has 0 bridgehead atoms. The molecule has 0 aliphatic carbocycles. The normalized spacial score (nSPS) is 13.9. The number of nitrogens with zero attached hydrogens (tertiary/aromatic N) is 1. The van der Waals surface area contributed by atoms with Gasteiger partial charge in [0.15, 0.2) is 0 Å². The van der Waals surface area contributed by atoms with Gasteiger partial charge >= 0.3 is 12.3 Å². The Morgan fingerprint density at radius 3 is 2.07 bits per heavy atom. The summed E-state index contributed by atoms with van der Waals surface area (Å²) in [5.41, 5.74) is 1.66. The van der Waals surface area contributed by atoms with E-state index < -0.39 is 12.3 Å². The Bertz CT molecular complexity index is 743. The number of methoxy groups -OCH3 is 2. The van der Waals surface area contributed by atoms with Crippen molar-refractivity contribution in [2.45, 2.75) is 13.8 Å². The Hall–Kier alpha value is -3.20. The van der Waals surface area contributed by atoms with Gasteiger partial charge in [0.1, 0.15) is 6.61 Å². The van der Waals surface area contributed by atoms with E-state index >= 15 is 0 Å². The Kier molecular flexibility index (Phi) is 7.07. The number of benzene rings is 1. The number of anilines is 1. The molecular formula is C18H22N2O7. The zero-order valence-corrected chi connectivity index (χ0v) is 15.6. The summed E-state index contributed by atoms with van der Waals surface area (Å²) in [5.74, 6) is 0.214. The predicted octanol–water partition coefficient (Wildman–Crippen LogP) is 3.06. The quantitative estimate of drug-likeness (QED) is 0.592. The molecule has 1 heterocycles. The van der Waals surface area contributed by atoms with Crippen molar-refractivity contribution in [3.63, 3.8) is 0 Å². The van der Waals surface area contributed by atoms with Gasteiger partial charge in [0, 0.05) is 7.11 Å². The van der Waals surface area contributed by atoms with Gasteiger partial charge in [0.2, 0.25) is 11.8 Å². The van der Waals surface area contributed by atoms with Crippen molar-refractivity contribution in [1.29, 1.82) is 0 Å². The number of carbonyl (C=O) groups excluding carboxylic acids is 2. The second kappa shape index (κ2) is 9.48. The van der Waals surface area contributed by atoms with Crippen LogP contribution in [0.5, 0.6) is 0 Å². The topological polar surface area (TPSA) is 95.6 Å². The summed E-state index contributed by atoms with van der Waals surface area (Å²) < 4.78 is 25.0. The standard InChI is InChI=1S/C18H22N2O7/c1-12-15(26-17(21)24-4)20(14-8-6-5-7-9-14)16(13(2)19-12)27-18(22)25-11-10-23-3/h5-9,19H,10-11H2,1-4H3. The lowest BCUT2D eigenvalue weighted by atomic mass is 10.2. The second-order valence-electron chi connectivity index (χ2n) is 5.41. The molecule has 0 saturated carbocycles. The summed E-state index contributed by atoms with van der Waals surface area (Å²) >= 11 is 0. The van der Waals surface area contributed by atoms with Crippen LogP contribution in [0.25, 0.3) is 0 Å². The molecule has 27 heavy (non-hydrogen) atoms. The maximum Gasteiger partial charge on any atom is 0.515 e. The first-order chi connectivity index (χ1) is 13.0. The van der Waals surface area contributed by atoms with Crippen molar-refractivity contribution in [3.8, 4) is 0 Å². The van der Waals surface area contributed by atoms with Gasteiger partial charge in [0.25, 0.3) is 0 Å². The minimum absolute atomic E-state index is 0.0425. The molecule has 0 amide bonds. The molecule has 1 aliphatic heterocycles. The van der Waals surface area contributed by atoms with Crippen LogP contribution in [-0.2, 0) is 23.7 Å². The number of nitrogens with one attached hydrogen (secondary N) is 1. The molecule has 2 rings (SSSR count). The van der Waals surface area contributed by atoms with Crippen LogP contribution in [0.3, 0.4) is 0 Å². The summed E-state index contributed by atoms with van der Waals surface area (Å²) in [6.45, 7) is 3.71. The highest BCUT2D eigenvalue weighted by Crippen LogP contribution is 2.32. The van der Waals surface area contributed by atoms with Crippen molar-refractivity contribution in [2.24, 2.45) is 0 Å². The fourth-order valence-corrected chi connectivity index (χ4v) is 2.31. The SMILES string of the molecule is COCCOC(=O)OC1=C(C)NC(C)=C(OC(=O)OC)N1c1ccccc1. The van der Waals surface area contributed by atoms with Gasteiger partial charge in [-0.15, -0.1) is 0 Å². The Morgan fingerprint density at radius 1 is 0.926 bits per heavy atom. The third kappa shape index (κ3) is 5.14. The van der Waals surface area contributed by atoms with Crippen molar-refractivity contribution in [3.05, 3.63) is 53.5 Å². The average Bonchev–Trinajstić information content (AvgIpc) is 2.66. The Labute approximate surface area is 157 Å². The van der Waals surface area contributed by atoms with Crippen molar-refractivity contribution in [1.82, 2.24) is 5.32 Å². The van der Waals surface area contributed by atoms with Gasteiger partial charge in [-0.05, 0) is 26.0 Å². The molecule has 0 atom stereocenters. The van der Waals surface area contributed by atoms with Crippen LogP contribution >= 0.6 is 0 Å². The van der Waals surface area contributed by atoms with Crippen molar-refractivity contribution >= 4 is 18.0 Å². The lowest BCUT2D eigenvalue weighted by molar-refractivity contribution is 0.0494. The molecule has 0 unspecified atom stereocenters. The van der Waals surface area contributed by atoms with E-state index in [1.54, 1.807) is 38.1 Å². The Balaban J connectivity index is 2.35. The third-order valence-corrected chi connectivity index (χ3v) is 3.47. The van der Waals surface area contributed by atoms with Gasteiger partial charge in [-0.2, -0.15) is 0 Å². The lowest BCUT2D eigenvalue weighted by Crippen LogP contribution is -2.37. The van der Waals surface area contributed by atoms with Crippen molar-refractivity contribution < 1.29 is 33.3 Å². The van der Waals surface area contributed by atoms with Gasteiger partial charge in [-0.3, -0.25) is 0 Å². The minimum atomic E-state index is -0.916. The van der Waals surface area contributed by atoms with Crippen molar-refractivity contribution in [2.75, 3.05) is 32.3 Å². The minimum Gasteiger partial charge on any atom is -0.437 e. The maximum atomic E-state index is 12.0. The first-order valence-corrected chi connectivity index (χ1v) is 8.11. The fraction of sp³-hybridized carbons (Fsp3) is 0.333. The summed E-state index contributed by atoms with van der Waals surface area (Å²) in [4.78, 5) is 25.2. The monoisotopic (exact) mass is 378 g/mol. The molecule has 146 valence electrons. The highest BCUT2D eigenvalue weighted by molar-refractivity contribution is 5.68. The van der Waals surface area contributed by atoms with E-state index in [1.165, 1.54) is 19.1 Å². The van der Waals surface area contributed by atoms with E-state index in [1.807, 2.05) is 6.07 Å². The molecule has 1 aromatic carbocycles. The average molecular weight is 378 g/mol. The smallest absolute Gasteiger partial charge is 0.437 e. The summed E-state index contributed by atoms with van der Waals surface area (Å²) in [6.07, 6.45) is -1.82. The summed E-state index contributed by atoms with van der Waals surface area (Å²) in [6, 6.07) is 8.97. The van der Waals surface area contributed by atoms with Gasteiger partial charge in [-0.1, -0.05) is 18.2 Å². The Morgan fingerprint density at radius 2 is 1.52 bits per heavy atom. The maximum absolute atomic E-state index is 12.0. The number of hydrogen-bond donors (Lipinski definition) is 1. The summed E-state index contributed by atoms with van der Waals surface area (Å²) in [7, 11) is 2.70. The zero-order chi connectivity index (χ0) is 19.8. The number of rotatable bonds is 6. The number of hydrogen-bond acceptors (Lipinski definition) is 9. The number of allylic oxidation sites excluding steroid dienone is 2. The number of para-hydroxylation sites is 1. The van der Waals surface area contributed by atoms with Crippen LogP contribution in [0.2, 0.25) is 0 Å². The van der Waals surface area contributed by atoms with E-state index in [0.717, 1.165) is 0 Å². The third-order valence-electron chi connectivity index (χ3n) is 3.47. The van der Waals surface area contributed by atoms with E-state index in [2.05, 4.69) is 10.1 Å². The van der Waals surface area contributed by atoms with E-state index in [9.17, 15) is 9.59 Å². The first kappa shape index (κ1) is 20.1. The molecule has 1 aromatic rings. The van der Waals surface area contributed by atoms with E-state index in [0.29, 0.717) is 17.1 Å². The van der Waals surface area contributed by atoms with Crippen LogP contribution < -0.4 is 10.2 Å². The largest absolute Gasteiger partial charge is 0.515 e. The molecule has 0 fully saturated rings. The van der Waals surface area contributed by atoms with Gasteiger partial charge < -0.3 is 29.0 Å². The number of carbonyl (C=O) groups is 2. The second-order valence-corrected chi connectivity index (χ2v) is 5.41. The highest BCUT2D eigenvalue weighted by atomic mass is 16.7. The lowest BCUT2D eigenvalue weighted by Gasteiger charge is -2.33. The van der Waals surface area contributed by atoms with E-state index in [-0.39, 0.29) is 25.0 Å². The van der Waals surface area contributed by atoms with Gasteiger partial charge in [-0.25, -0.2) is 14.5 Å². The first-order valence-electron chi connectivity index (χ1n) is 8.11. The number of ether oxygens (including phenoxy) is 5.